The molecule has 2 aromatic rings. The molecule has 3 nitrogen and oxygen atoms in total. The van der Waals surface area contributed by atoms with E-state index in [1.54, 1.807) is 24.4 Å². The highest BCUT2D eigenvalue weighted by molar-refractivity contribution is 7.80. The van der Waals surface area contributed by atoms with E-state index in [1.165, 1.54) is 5.56 Å². The van der Waals surface area contributed by atoms with Crippen LogP contribution in [-0.2, 0) is 6.42 Å². The van der Waals surface area contributed by atoms with Gasteiger partial charge < -0.3 is 5.32 Å². The van der Waals surface area contributed by atoms with Crippen LogP contribution in [0.15, 0.2) is 53.6 Å². The molecule has 0 amide bonds. The molecule has 0 aliphatic heterocycles. The predicted octanol–water partition coefficient (Wildman–Crippen LogP) is 4.03. The lowest BCUT2D eigenvalue weighted by molar-refractivity contribution is 0.838. The standard InChI is InChI=1S/C16H15Cl2N3S/c17-14-7-4-8-15(18)13(14)11-20-21-16(22)19-10-9-12-5-2-1-3-6-12/h1-8,11H,9-10H2,(H2,19,21,22)/b20-11-. The van der Waals surface area contributed by atoms with Gasteiger partial charge >= 0.3 is 0 Å². The molecular weight excluding hydrogens is 337 g/mol. The van der Waals surface area contributed by atoms with Gasteiger partial charge in [-0.3, -0.25) is 5.43 Å². The molecule has 114 valence electrons. The van der Waals surface area contributed by atoms with Crippen molar-refractivity contribution in [2.24, 2.45) is 5.10 Å². The Balaban J connectivity index is 1.77. The van der Waals surface area contributed by atoms with E-state index in [9.17, 15) is 0 Å². The molecule has 0 heterocycles. The summed E-state index contributed by atoms with van der Waals surface area (Å²) in [5.74, 6) is 0. The number of benzene rings is 2. The van der Waals surface area contributed by atoms with E-state index in [0.29, 0.717) is 20.7 Å². The maximum Gasteiger partial charge on any atom is 0.186 e. The van der Waals surface area contributed by atoms with Crippen molar-refractivity contribution in [3.63, 3.8) is 0 Å². The van der Waals surface area contributed by atoms with Gasteiger partial charge in [-0.05, 0) is 36.3 Å². The number of hydrogen-bond acceptors (Lipinski definition) is 2. The smallest absolute Gasteiger partial charge is 0.186 e. The van der Waals surface area contributed by atoms with Gasteiger partial charge in [-0.2, -0.15) is 5.10 Å². The van der Waals surface area contributed by atoms with E-state index < -0.39 is 0 Å². The van der Waals surface area contributed by atoms with Gasteiger partial charge in [0.15, 0.2) is 5.11 Å². The van der Waals surface area contributed by atoms with E-state index >= 15 is 0 Å². The molecule has 0 unspecified atom stereocenters. The Bertz CT molecular complexity index is 639. The highest BCUT2D eigenvalue weighted by atomic mass is 35.5. The number of nitrogens with one attached hydrogen (secondary N) is 2. The fourth-order valence-corrected chi connectivity index (χ4v) is 2.44. The molecule has 0 saturated carbocycles. The lowest BCUT2D eigenvalue weighted by Gasteiger charge is -2.07. The largest absolute Gasteiger partial charge is 0.361 e. The number of halogens is 2. The minimum absolute atomic E-state index is 0.454. The highest BCUT2D eigenvalue weighted by Gasteiger charge is 2.02. The molecule has 0 atom stereocenters. The summed E-state index contributed by atoms with van der Waals surface area (Å²) in [5, 5.41) is 8.67. The highest BCUT2D eigenvalue weighted by Crippen LogP contribution is 2.21. The number of rotatable bonds is 5. The molecule has 0 aliphatic carbocycles. The monoisotopic (exact) mass is 351 g/mol. The van der Waals surface area contributed by atoms with Crippen molar-refractivity contribution < 1.29 is 0 Å². The van der Waals surface area contributed by atoms with Crippen molar-refractivity contribution in [1.82, 2.24) is 10.7 Å². The Morgan fingerprint density at radius 3 is 2.41 bits per heavy atom. The van der Waals surface area contributed by atoms with Crippen LogP contribution in [0.2, 0.25) is 10.0 Å². The molecule has 0 aromatic heterocycles. The zero-order chi connectivity index (χ0) is 15.8. The quantitative estimate of drug-likeness (QED) is 0.485. The second-order valence-electron chi connectivity index (χ2n) is 4.50. The second kappa shape index (κ2) is 8.73. The van der Waals surface area contributed by atoms with Crippen LogP contribution in [0.4, 0.5) is 0 Å². The van der Waals surface area contributed by atoms with Crippen LogP contribution < -0.4 is 10.7 Å². The van der Waals surface area contributed by atoms with Crippen LogP contribution >= 0.6 is 35.4 Å². The zero-order valence-electron chi connectivity index (χ0n) is 11.7. The number of hydrogen-bond donors (Lipinski definition) is 2. The summed E-state index contributed by atoms with van der Waals surface area (Å²) < 4.78 is 0. The van der Waals surface area contributed by atoms with E-state index in [1.807, 2.05) is 18.2 Å². The first-order chi connectivity index (χ1) is 10.7. The van der Waals surface area contributed by atoms with Crippen molar-refractivity contribution in [3.8, 4) is 0 Å². The summed E-state index contributed by atoms with van der Waals surface area (Å²) >= 11 is 17.2. The first-order valence-corrected chi connectivity index (χ1v) is 7.88. The van der Waals surface area contributed by atoms with Crippen molar-refractivity contribution in [3.05, 3.63) is 69.7 Å². The van der Waals surface area contributed by atoms with Gasteiger partial charge in [-0.1, -0.05) is 59.6 Å². The van der Waals surface area contributed by atoms with Gasteiger partial charge in [0.05, 0.1) is 16.3 Å². The Morgan fingerprint density at radius 1 is 1.05 bits per heavy atom. The minimum atomic E-state index is 0.454. The summed E-state index contributed by atoms with van der Waals surface area (Å²) in [5.41, 5.74) is 4.66. The second-order valence-corrected chi connectivity index (χ2v) is 5.72. The number of hydrazone groups is 1. The van der Waals surface area contributed by atoms with E-state index in [0.717, 1.165) is 13.0 Å². The van der Waals surface area contributed by atoms with Gasteiger partial charge in [0, 0.05) is 12.1 Å². The molecule has 22 heavy (non-hydrogen) atoms. The van der Waals surface area contributed by atoms with E-state index in [2.05, 4.69) is 28.0 Å². The van der Waals surface area contributed by atoms with Crippen molar-refractivity contribution in [2.75, 3.05) is 6.54 Å². The Labute approximate surface area is 145 Å². The molecule has 0 aliphatic rings. The van der Waals surface area contributed by atoms with E-state index in [-0.39, 0.29) is 0 Å². The summed E-state index contributed by atoms with van der Waals surface area (Å²) in [6.45, 7) is 0.734. The van der Waals surface area contributed by atoms with Crippen LogP contribution in [0.5, 0.6) is 0 Å². The summed E-state index contributed by atoms with van der Waals surface area (Å²) in [4.78, 5) is 0. The fourth-order valence-electron chi connectivity index (χ4n) is 1.79. The van der Waals surface area contributed by atoms with Crippen LogP contribution in [-0.4, -0.2) is 17.9 Å². The third-order valence-corrected chi connectivity index (χ3v) is 3.80. The first-order valence-electron chi connectivity index (χ1n) is 6.71. The fraction of sp³-hybridized carbons (Fsp3) is 0.125. The van der Waals surface area contributed by atoms with Gasteiger partial charge in [-0.15, -0.1) is 0 Å². The molecule has 0 fully saturated rings. The zero-order valence-corrected chi connectivity index (χ0v) is 14.1. The molecule has 0 bridgehead atoms. The van der Waals surface area contributed by atoms with Crippen molar-refractivity contribution in [2.45, 2.75) is 6.42 Å². The van der Waals surface area contributed by atoms with Gasteiger partial charge in [-0.25, -0.2) is 0 Å². The summed E-state index contributed by atoms with van der Waals surface area (Å²) in [6.07, 6.45) is 2.44. The third kappa shape index (κ3) is 5.30. The maximum absolute atomic E-state index is 6.04. The Morgan fingerprint density at radius 2 is 1.73 bits per heavy atom. The Kier molecular flexibility index (Phi) is 6.65. The van der Waals surface area contributed by atoms with Gasteiger partial charge in [0.2, 0.25) is 0 Å². The topological polar surface area (TPSA) is 36.4 Å². The van der Waals surface area contributed by atoms with Crippen molar-refractivity contribution >= 4 is 46.7 Å². The van der Waals surface area contributed by atoms with Crippen LogP contribution in [0.3, 0.4) is 0 Å². The van der Waals surface area contributed by atoms with Crippen LogP contribution in [0.1, 0.15) is 11.1 Å². The molecule has 2 rings (SSSR count). The molecule has 2 aromatic carbocycles. The lowest BCUT2D eigenvalue weighted by atomic mass is 10.1. The minimum Gasteiger partial charge on any atom is -0.361 e. The molecular formula is C16H15Cl2N3S. The predicted molar refractivity (Wildman–Crippen MR) is 97.9 cm³/mol. The molecule has 0 radical (unpaired) electrons. The lowest BCUT2D eigenvalue weighted by Crippen LogP contribution is -2.33. The molecule has 6 heteroatoms. The Hall–Kier alpha value is -1.62. The third-order valence-electron chi connectivity index (χ3n) is 2.90. The maximum atomic E-state index is 6.04. The summed E-state index contributed by atoms with van der Waals surface area (Å²) in [6, 6.07) is 15.5. The van der Waals surface area contributed by atoms with Gasteiger partial charge in [0.25, 0.3) is 0 Å². The SMILES string of the molecule is S=C(NCCc1ccccc1)N/N=C\c1c(Cl)cccc1Cl. The molecule has 2 N–H and O–H groups in total. The van der Waals surface area contributed by atoms with E-state index in [4.69, 9.17) is 35.4 Å². The van der Waals surface area contributed by atoms with Crippen LogP contribution in [0.25, 0.3) is 0 Å². The summed E-state index contributed by atoms with van der Waals surface area (Å²) in [7, 11) is 0. The van der Waals surface area contributed by atoms with Gasteiger partial charge in [0.1, 0.15) is 0 Å². The van der Waals surface area contributed by atoms with Crippen LogP contribution in [0, 0.1) is 0 Å². The normalized spacial score (nSPS) is 10.6. The molecule has 0 saturated heterocycles. The molecule has 0 spiro atoms. The average molecular weight is 352 g/mol. The number of thiocarbonyl (C=S) groups is 1. The first kappa shape index (κ1) is 16.7. The number of nitrogens with zero attached hydrogens (tertiary/aromatic N) is 1. The van der Waals surface area contributed by atoms with Crippen molar-refractivity contribution in [1.29, 1.82) is 0 Å². The average Bonchev–Trinajstić information content (AvgIpc) is 2.51.